The number of thiophene rings is 1. The third kappa shape index (κ3) is 5.53. The topological polar surface area (TPSA) is 104 Å². The number of rotatable bonds is 9. The molecule has 0 aliphatic heterocycles. The highest BCUT2D eigenvalue weighted by Gasteiger charge is 2.55. The molecule has 1 heterocycles. The molecule has 1 aliphatic carbocycles. The summed E-state index contributed by atoms with van der Waals surface area (Å²) in [5, 5.41) is 33.5. The van der Waals surface area contributed by atoms with Gasteiger partial charge in [0.05, 0.1) is 23.8 Å². The third-order valence-electron chi connectivity index (χ3n) is 6.96. The second-order valence-corrected chi connectivity index (χ2v) is 10.2. The van der Waals surface area contributed by atoms with Crippen LogP contribution >= 0.6 is 11.3 Å². The fourth-order valence-corrected chi connectivity index (χ4v) is 5.77. The van der Waals surface area contributed by atoms with E-state index in [1.807, 2.05) is 53.9 Å². The van der Waals surface area contributed by atoms with Crippen LogP contribution in [0.15, 0.2) is 83.4 Å². The highest BCUT2D eigenvalue weighted by molar-refractivity contribution is 7.09. The number of ether oxygens (including phenoxy) is 1. The number of aliphatic hydroxyl groups excluding tert-OH is 2. The van der Waals surface area contributed by atoms with E-state index in [0.717, 1.165) is 16.0 Å². The molecule has 1 aromatic heterocycles. The molecule has 3 aromatic rings. The molecule has 188 valence electrons. The lowest BCUT2D eigenvalue weighted by atomic mass is 9.80. The van der Waals surface area contributed by atoms with Crippen molar-refractivity contribution in [2.45, 2.75) is 50.7 Å². The molecule has 0 bridgehead atoms. The Morgan fingerprint density at radius 2 is 1.75 bits per heavy atom. The lowest BCUT2D eigenvalue weighted by Gasteiger charge is -2.37. The smallest absolute Gasteiger partial charge is 0.338 e. The molecule has 0 saturated heterocycles. The zero-order chi connectivity index (χ0) is 25.7. The first-order chi connectivity index (χ1) is 17.3. The standard InChI is InChI=1S/C29H30O6S/c1-19(25(30)14-12-23-11-6-16-36-23)24-13-15-26(31)29(24,18-27(32)33)35-28(34)22-10-5-9-21(17-22)20-7-3-2-4-8-20/h2-11,16-17,24,26,30-31H,12-15,18H2,1H3,(H,32,33)/t24-,26+,29+/m1/s1. The summed E-state index contributed by atoms with van der Waals surface area (Å²) in [7, 11) is 0. The molecule has 1 aliphatic rings. The van der Waals surface area contributed by atoms with E-state index in [9.17, 15) is 24.9 Å². The van der Waals surface area contributed by atoms with E-state index < -0.39 is 36.0 Å². The van der Waals surface area contributed by atoms with Crippen molar-refractivity contribution >= 4 is 23.3 Å². The largest absolute Gasteiger partial charge is 0.512 e. The van der Waals surface area contributed by atoms with E-state index in [2.05, 4.69) is 0 Å². The van der Waals surface area contributed by atoms with Gasteiger partial charge in [0.2, 0.25) is 0 Å². The monoisotopic (exact) mass is 506 g/mol. The maximum atomic E-state index is 13.3. The Hall–Kier alpha value is -3.42. The van der Waals surface area contributed by atoms with E-state index in [4.69, 9.17) is 4.74 Å². The molecule has 3 atom stereocenters. The first-order valence-corrected chi connectivity index (χ1v) is 12.9. The van der Waals surface area contributed by atoms with Crippen molar-refractivity contribution in [1.82, 2.24) is 0 Å². The zero-order valence-electron chi connectivity index (χ0n) is 20.1. The zero-order valence-corrected chi connectivity index (χ0v) is 20.9. The van der Waals surface area contributed by atoms with Gasteiger partial charge in [-0.2, -0.15) is 0 Å². The predicted octanol–water partition coefficient (Wildman–Crippen LogP) is 6.02. The maximum Gasteiger partial charge on any atom is 0.338 e. The lowest BCUT2D eigenvalue weighted by Crippen LogP contribution is -2.49. The minimum absolute atomic E-state index is 0.138. The summed E-state index contributed by atoms with van der Waals surface area (Å²) in [4.78, 5) is 26.4. The van der Waals surface area contributed by atoms with E-state index in [1.54, 1.807) is 36.5 Å². The number of carboxylic acids is 1. The van der Waals surface area contributed by atoms with Gasteiger partial charge in [-0.1, -0.05) is 48.5 Å². The van der Waals surface area contributed by atoms with Gasteiger partial charge in [0.15, 0.2) is 5.60 Å². The van der Waals surface area contributed by atoms with Gasteiger partial charge >= 0.3 is 11.9 Å². The van der Waals surface area contributed by atoms with E-state index >= 15 is 0 Å². The SMILES string of the molecule is CC(=C(O)CCc1cccs1)[C@H]1CC[C@H](O)[C@@]1(CC(=O)O)OC(=O)c1cccc(-c2ccccc2)c1. The molecule has 0 amide bonds. The van der Waals surface area contributed by atoms with Crippen molar-refractivity contribution in [3.63, 3.8) is 0 Å². The summed E-state index contributed by atoms with van der Waals surface area (Å²) >= 11 is 1.60. The summed E-state index contributed by atoms with van der Waals surface area (Å²) in [6.45, 7) is 1.73. The minimum Gasteiger partial charge on any atom is -0.512 e. The lowest BCUT2D eigenvalue weighted by molar-refractivity contribution is -0.150. The molecular formula is C29H30O6S. The van der Waals surface area contributed by atoms with Gasteiger partial charge in [0.25, 0.3) is 0 Å². The average Bonchev–Trinajstić information content (AvgIpc) is 3.51. The van der Waals surface area contributed by atoms with Crippen molar-refractivity contribution in [2.24, 2.45) is 5.92 Å². The first-order valence-electron chi connectivity index (χ1n) is 12.0. The van der Waals surface area contributed by atoms with Gasteiger partial charge in [0.1, 0.15) is 0 Å². The van der Waals surface area contributed by atoms with E-state index in [-0.39, 0.29) is 17.7 Å². The fourth-order valence-electron chi connectivity index (χ4n) is 5.06. The number of carbonyl (C=O) groups excluding carboxylic acids is 1. The Bertz CT molecular complexity index is 1230. The number of esters is 1. The molecule has 2 aromatic carbocycles. The normalized spacial score (nSPS) is 22.2. The highest BCUT2D eigenvalue weighted by Crippen LogP contribution is 2.47. The number of benzene rings is 2. The molecule has 1 fully saturated rings. The van der Waals surface area contributed by atoms with Gasteiger partial charge in [-0.25, -0.2) is 4.79 Å². The molecule has 3 N–H and O–H groups in total. The van der Waals surface area contributed by atoms with Crippen LogP contribution in [-0.2, 0) is 16.0 Å². The Morgan fingerprint density at radius 1 is 1.00 bits per heavy atom. The van der Waals surface area contributed by atoms with Crippen molar-refractivity contribution in [3.05, 3.63) is 93.9 Å². The molecule has 7 heteroatoms. The Morgan fingerprint density at radius 3 is 2.44 bits per heavy atom. The predicted molar refractivity (Wildman–Crippen MR) is 139 cm³/mol. The number of carbonyl (C=O) groups is 2. The van der Waals surface area contributed by atoms with E-state index in [0.29, 0.717) is 24.8 Å². The Labute approximate surface area is 214 Å². The van der Waals surface area contributed by atoms with E-state index in [1.165, 1.54) is 0 Å². The summed E-state index contributed by atoms with van der Waals surface area (Å²) < 4.78 is 5.92. The summed E-state index contributed by atoms with van der Waals surface area (Å²) in [5.74, 6) is -2.36. The third-order valence-corrected chi connectivity index (χ3v) is 7.90. The number of aliphatic carboxylic acids is 1. The maximum absolute atomic E-state index is 13.3. The molecule has 0 unspecified atom stereocenters. The van der Waals surface area contributed by atoms with Crippen molar-refractivity contribution < 1.29 is 29.6 Å². The van der Waals surface area contributed by atoms with Crippen LogP contribution < -0.4 is 0 Å². The molecular weight excluding hydrogens is 476 g/mol. The minimum atomic E-state index is -1.67. The summed E-state index contributed by atoms with van der Waals surface area (Å²) in [6.07, 6.45) is -0.0207. The molecule has 0 radical (unpaired) electrons. The van der Waals surface area contributed by atoms with Crippen molar-refractivity contribution in [2.75, 3.05) is 0 Å². The number of hydrogen-bond donors (Lipinski definition) is 3. The molecule has 1 saturated carbocycles. The van der Waals surface area contributed by atoms with Gasteiger partial charge in [0, 0.05) is 17.2 Å². The van der Waals surface area contributed by atoms with Gasteiger partial charge in [-0.05, 0) is 66.5 Å². The summed E-state index contributed by atoms with van der Waals surface area (Å²) in [5.41, 5.74) is 0.897. The van der Waals surface area contributed by atoms with Crippen LogP contribution in [0.2, 0.25) is 0 Å². The number of hydrogen-bond acceptors (Lipinski definition) is 6. The van der Waals surface area contributed by atoms with Crippen molar-refractivity contribution in [1.29, 1.82) is 0 Å². The number of aryl methyl sites for hydroxylation is 1. The van der Waals surface area contributed by atoms with Crippen LogP contribution in [0.25, 0.3) is 11.1 Å². The summed E-state index contributed by atoms with van der Waals surface area (Å²) in [6, 6.07) is 20.5. The second-order valence-electron chi connectivity index (χ2n) is 9.22. The Kier molecular flexibility index (Phi) is 7.91. The van der Waals surface area contributed by atoms with Gasteiger partial charge in [-0.15, -0.1) is 11.3 Å². The highest BCUT2D eigenvalue weighted by atomic mass is 32.1. The van der Waals surface area contributed by atoms with Crippen LogP contribution in [0.3, 0.4) is 0 Å². The van der Waals surface area contributed by atoms with Crippen LogP contribution in [0.5, 0.6) is 0 Å². The number of carboxylic acid groups (broad SMARTS) is 1. The average molecular weight is 507 g/mol. The van der Waals surface area contributed by atoms with Crippen LogP contribution in [0, 0.1) is 5.92 Å². The van der Waals surface area contributed by atoms with Crippen molar-refractivity contribution in [3.8, 4) is 11.1 Å². The molecule has 4 rings (SSSR count). The second kappa shape index (κ2) is 11.1. The quantitative estimate of drug-likeness (QED) is 0.242. The number of allylic oxidation sites excluding steroid dienone is 1. The Balaban J connectivity index is 1.62. The van der Waals surface area contributed by atoms with Crippen LogP contribution in [-0.4, -0.2) is 39.0 Å². The molecule has 36 heavy (non-hydrogen) atoms. The van der Waals surface area contributed by atoms with Crippen LogP contribution in [0.4, 0.5) is 0 Å². The number of aliphatic hydroxyl groups is 2. The first kappa shape index (κ1) is 25.7. The van der Waals surface area contributed by atoms with Gasteiger partial charge in [-0.3, -0.25) is 4.79 Å². The molecule has 6 nitrogen and oxygen atoms in total. The fraction of sp³-hybridized carbons (Fsp3) is 0.310. The van der Waals surface area contributed by atoms with Crippen LogP contribution in [0.1, 0.15) is 47.8 Å². The van der Waals surface area contributed by atoms with Gasteiger partial charge < -0.3 is 20.1 Å². The molecule has 0 spiro atoms.